The van der Waals surface area contributed by atoms with E-state index in [-0.39, 0.29) is 0 Å². The van der Waals surface area contributed by atoms with Crippen LogP contribution in [0.4, 0.5) is 23.0 Å². The minimum Gasteiger partial charge on any atom is -0.399 e. The van der Waals surface area contributed by atoms with Gasteiger partial charge in [0.05, 0.1) is 0 Å². The molecule has 1 aromatic heterocycles. The van der Waals surface area contributed by atoms with Crippen molar-refractivity contribution in [3.05, 3.63) is 36.7 Å². The quantitative estimate of drug-likeness (QED) is 0.821. The molecule has 19 heavy (non-hydrogen) atoms. The number of hydrogen-bond donors (Lipinski definition) is 2. The minimum absolute atomic E-state index is 0.584. The summed E-state index contributed by atoms with van der Waals surface area (Å²) in [6.07, 6.45) is 4.04. The van der Waals surface area contributed by atoms with Gasteiger partial charge in [0.1, 0.15) is 18.0 Å². The van der Waals surface area contributed by atoms with Gasteiger partial charge in [0.15, 0.2) is 0 Å². The minimum atomic E-state index is 0.584. The summed E-state index contributed by atoms with van der Waals surface area (Å²) in [4.78, 5) is 10.5. The molecule has 3 N–H and O–H groups in total. The number of benzene rings is 1. The van der Waals surface area contributed by atoms with Crippen LogP contribution in [-0.4, -0.2) is 23.1 Å². The average Bonchev–Trinajstić information content (AvgIpc) is 3.22. The van der Waals surface area contributed by atoms with Gasteiger partial charge in [0, 0.05) is 30.5 Å². The molecule has 0 amide bonds. The maximum atomic E-state index is 5.81. The maximum absolute atomic E-state index is 5.81. The Morgan fingerprint density at radius 2 is 2.11 bits per heavy atom. The van der Waals surface area contributed by atoms with Crippen LogP contribution in [0.25, 0.3) is 0 Å². The normalized spacial score (nSPS) is 14.2. The van der Waals surface area contributed by atoms with Crippen molar-refractivity contribution in [1.29, 1.82) is 0 Å². The summed E-state index contributed by atoms with van der Waals surface area (Å²) < 4.78 is 0. The van der Waals surface area contributed by atoms with Gasteiger partial charge in [-0.2, -0.15) is 0 Å². The van der Waals surface area contributed by atoms with Crippen LogP contribution in [0.2, 0.25) is 0 Å². The van der Waals surface area contributed by atoms with E-state index < -0.39 is 0 Å². The van der Waals surface area contributed by atoms with Crippen molar-refractivity contribution in [3.63, 3.8) is 0 Å². The summed E-state index contributed by atoms with van der Waals surface area (Å²) in [6, 6.07) is 10.3. The second kappa shape index (κ2) is 4.76. The van der Waals surface area contributed by atoms with Crippen LogP contribution in [0.3, 0.4) is 0 Å². The van der Waals surface area contributed by atoms with Gasteiger partial charge < -0.3 is 16.0 Å². The van der Waals surface area contributed by atoms with E-state index in [1.54, 1.807) is 6.33 Å². The molecule has 98 valence electrons. The van der Waals surface area contributed by atoms with Gasteiger partial charge in [-0.15, -0.1) is 0 Å². The van der Waals surface area contributed by atoms with E-state index in [0.29, 0.717) is 6.04 Å². The number of nitrogens with zero attached hydrogens (tertiary/aromatic N) is 3. The Bertz CT molecular complexity index is 580. The van der Waals surface area contributed by atoms with Crippen molar-refractivity contribution >= 4 is 23.0 Å². The number of anilines is 4. The van der Waals surface area contributed by atoms with E-state index in [0.717, 1.165) is 23.0 Å². The van der Waals surface area contributed by atoms with Crippen LogP contribution in [0.1, 0.15) is 12.8 Å². The lowest BCUT2D eigenvalue weighted by molar-refractivity contribution is 1.05. The molecule has 1 fully saturated rings. The highest BCUT2D eigenvalue weighted by molar-refractivity contribution is 5.65. The van der Waals surface area contributed by atoms with Crippen LogP contribution in [-0.2, 0) is 0 Å². The molecule has 0 unspecified atom stereocenters. The molecule has 0 aliphatic heterocycles. The van der Waals surface area contributed by atoms with Gasteiger partial charge >= 0.3 is 0 Å². The van der Waals surface area contributed by atoms with Gasteiger partial charge in [0.2, 0.25) is 0 Å². The molecule has 5 nitrogen and oxygen atoms in total. The molecule has 2 aromatic rings. The molecule has 1 aliphatic rings. The van der Waals surface area contributed by atoms with E-state index in [9.17, 15) is 0 Å². The van der Waals surface area contributed by atoms with E-state index in [2.05, 4.69) is 15.3 Å². The Morgan fingerprint density at radius 3 is 2.84 bits per heavy atom. The molecule has 3 rings (SSSR count). The average molecular weight is 255 g/mol. The molecule has 0 spiro atoms. The highest BCUT2D eigenvalue weighted by Gasteiger charge is 2.21. The van der Waals surface area contributed by atoms with Crippen molar-refractivity contribution in [2.24, 2.45) is 0 Å². The molecule has 0 saturated heterocycles. The maximum Gasteiger partial charge on any atom is 0.138 e. The third kappa shape index (κ3) is 2.76. The fraction of sp³-hybridized carbons (Fsp3) is 0.286. The first-order valence-electron chi connectivity index (χ1n) is 6.40. The molecule has 5 heteroatoms. The second-order valence-electron chi connectivity index (χ2n) is 4.83. The second-order valence-corrected chi connectivity index (χ2v) is 4.83. The number of aromatic nitrogens is 2. The Labute approximate surface area is 112 Å². The van der Waals surface area contributed by atoms with E-state index in [1.165, 1.54) is 12.8 Å². The van der Waals surface area contributed by atoms with Crippen molar-refractivity contribution in [1.82, 2.24) is 9.97 Å². The van der Waals surface area contributed by atoms with Crippen LogP contribution in [0.15, 0.2) is 36.7 Å². The van der Waals surface area contributed by atoms with E-state index >= 15 is 0 Å². The molecule has 0 bridgehead atoms. The first-order valence-corrected chi connectivity index (χ1v) is 6.40. The highest BCUT2D eigenvalue weighted by Crippen LogP contribution is 2.27. The third-order valence-electron chi connectivity index (χ3n) is 3.18. The van der Waals surface area contributed by atoms with Gasteiger partial charge in [-0.05, 0) is 31.0 Å². The van der Waals surface area contributed by atoms with Gasteiger partial charge in [-0.1, -0.05) is 6.07 Å². The molecule has 1 aliphatic carbocycles. The summed E-state index contributed by atoms with van der Waals surface area (Å²) in [6.45, 7) is 0. The number of nitrogen functional groups attached to an aromatic ring is 1. The number of nitrogens with one attached hydrogen (secondary N) is 1. The third-order valence-corrected chi connectivity index (χ3v) is 3.18. The van der Waals surface area contributed by atoms with E-state index in [4.69, 9.17) is 5.73 Å². The van der Waals surface area contributed by atoms with Gasteiger partial charge in [-0.3, -0.25) is 0 Å². The Balaban J connectivity index is 1.83. The standard InChI is InChI=1S/C14H17N5/c1-19(12-4-2-3-10(15)7-12)14-8-13(16-9-17-14)18-11-5-6-11/h2-4,7-9,11H,5-6,15H2,1H3,(H,16,17,18). The first-order chi connectivity index (χ1) is 9.22. The smallest absolute Gasteiger partial charge is 0.138 e. The zero-order chi connectivity index (χ0) is 13.2. The van der Waals surface area contributed by atoms with Crippen LogP contribution in [0.5, 0.6) is 0 Å². The Kier molecular flexibility index (Phi) is 2.95. The highest BCUT2D eigenvalue weighted by atomic mass is 15.2. The molecule has 1 saturated carbocycles. The fourth-order valence-corrected chi connectivity index (χ4v) is 1.91. The number of hydrogen-bond acceptors (Lipinski definition) is 5. The lowest BCUT2D eigenvalue weighted by atomic mass is 10.2. The van der Waals surface area contributed by atoms with Crippen molar-refractivity contribution < 1.29 is 0 Å². The molecule has 0 radical (unpaired) electrons. The summed E-state index contributed by atoms with van der Waals surface area (Å²) in [7, 11) is 1.97. The van der Waals surface area contributed by atoms with Crippen molar-refractivity contribution in [3.8, 4) is 0 Å². The summed E-state index contributed by atoms with van der Waals surface area (Å²) in [5.41, 5.74) is 7.56. The summed E-state index contributed by atoms with van der Waals surface area (Å²) in [5.74, 6) is 1.73. The fourth-order valence-electron chi connectivity index (χ4n) is 1.91. The lowest BCUT2D eigenvalue weighted by Gasteiger charge is -2.19. The molecular formula is C14H17N5. The van der Waals surface area contributed by atoms with Crippen LogP contribution in [0, 0.1) is 0 Å². The number of nitrogens with two attached hydrogens (primary N) is 1. The molecular weight excluding hydrogens is 238 g/mol. The lowest BCUT2D eigenvalue weighted by Crippen LogP contribution is -2.13. The Hall–Kier alpha value is -2.30. The van der Waals surface area contributed by atoms with Crippen LogP contribution >= 0.6 is 0 Å². The van der Waals surface area contributed by atoms with Gasteiger partial charge in [-0.25, -0.2) is 9.97 Å². The van der Waals surface area contributed by atoms with Crippen molar-refractivity contribution in [2.45, 2.75) is 18.9 Å². The summed E-state index contributed by atoms with van der Waals surface area (Å²) >= 11 is 0. The topological polar surface area (TPSA) is 67.1 Å². The largest absolute Gasteiger partial charge is 0.399 e. The summed E-state index contributed by atoms with van der Waals surface area (Å²) in [5, 5.41) is 3.37. The van der Waals surface area contributed by atoms with Crippen molar-refractivity contribution in [2.75, 3.05) is 23.0 Å². The molecule has 1 aromatic carbocycles. The Morgan fingerprint density at radius 1 is 1.26 bits per heavy atom. The first kappa shape index (κ1) is 11.8. The molecule has 1 heterocycles. The predicted molar refractivity (Wildman–Crippen MR) is 77.6 cm³/mol. The zero-order valence-electron chi connectivity index (χ0n) is 10.9. The predicted octanol–water partition coefficient (Wildman–Crippen LogP) is 2.40. The van der Waals surface area contributed by atoms with E-state index in [1.807, 2.05) is 42.3 Å². The SMILES string of the molecule is CN(c1cccc(N)c1)c1cc(NC2CC2)ncn1. The van der Waals surface area contributed by atoms with Crippen LogP contribution < -0.4 is 16.0 Å². The monoisotopic (exact) mass is 255 g/mol. The zero-order valence-corrected chi connectivity index (χ0v) is 10.9. The van der Waals surface area contributed by atoms with Gasteiger partial charge in [0.25, 0.3) is 0 Å². The molecule has 0 atom stereocenters. The number of rotatable bonds is 4.